The van der Waals surface area contributed by atoms with Crippen LogP contribution in [0.5, 0.6) is 0 Å². The van der Waals surface area contributed by atoms with E-state index in [0.29, 0.717) is 0 Å². The van der Waals surface area contributed by atoms with Gasteiger partial charge in [0.05, 0.1) is 11.8 Å². The van der Waals surface area contributed by atoms with Crippen LogP contribution in [0.4, 0.5) is 0 Å². The van der Waals surface area contributed by atoms with Crippen molar-refractivity contribution in [3.05, 3.63) is 11.3 Å². The number of amides is 1. The summed E-state index contributed by atoms with van der Waals surface area (Å²) in [6, 6.07) is 0. The minimum absolute atomic E-state index is 0.162. The highest BCUT2D eigenvalue weighted by Gasteiger charge is 2.47. The molecule has 1 unspecified atom stereocenters. The summed E-state index contributed by atoms with van der Waals surface area (Å²) >= 11 is 1.36. The molecule has 2 atom stereocenters. The van der Waals surface area contributed by atoms with E-state index in [0.717, 1.165) is 11.8 Å². The molecule has 8 heteroatoms. The van der Waals surface area contributed by atoms with Crippen LogP contribution in [-0.2, 0) is 23.9 Å². The molecule has 108 valence electrons. The maximum absolute atomic E-state index is 11.6. The smallest absolute Gasteiger partial charge is 0.352 e. The number of Topliss-reactive ketones (excluding diaryl/α,β-unsaturated/α-hetero) is 1. The van der Waals surface area contributed by atoms with Crippen LogP contribution in [0.2, 0.25) is 0 Å². The molecule has 1 fully saturated rings. The molecular weight excluding hydrogens is 286 g/mol. The van der Waals surface area contributed by atoms with E-state index in [1.165, 1.54) is 18.7 Å². The highest BCUT2D eigenvalue weighted by molar-refractivity contribution is 8.00. The number of hydrogen-bond donors (Lipinski definition) is 1. The fourth-order valence-electron chi connectivity index (χ4n) is 2.20. The van der Waals surface area contributed by atoms with Gasteiger partial charge in [-0.05, 0) is 6.92 Å². The molecule has 0 aromatic rings. The molecule has 7 nitrogen and oxygen atoms in total. The molecule has 1 N–H and O–H groups in total. The van der Waals surface area contributed by atoms with Gasteiger partial charge >= 0.3 is 11.9 Å². The van der Waals surface area contributed by atoms with Gasteiger partial charge in [-0.15, -0.1) is 11.8 Å². The standard InChI is InChI=1S/C12H13NO6S/c1-5(14)11(19-6(2)15)7-4-20-9-3-8(16)13(9)10(7)12(17)18/h9,11H,3-4H2,1-2H3,(H,17,18)/t9-,11?/m1/s1. The zero-order chi connectivity index (χ0) is 15.0. The lowest BCUT2D eigenvalue weighted by atomic mass is 10.0. The molecule has 2 rings (SSSR count). The molecule has 20 heavy (non-hydrogen) atoms. The number of carboxylic acid groups (broad SMARTS) is 1. The summed E-state index contributed by atoms with van der Waals surface area (Å²) in [5.41, 5.74) is -0.0686. The Morgan fingerprint density at radius 1 is 1.40 bits per heavy atom. The molecule has 0 saturated carbocycles. The third-order valence-electron chi connectivity index (χ3n) is 3.05. The van der Waals surface area contributed by atoms with Gasteiger partial charge in [0, 0.05) is 18.2 Å². The first-order chi connectivity index (χ1) is 9.32. The van der Waals surface area contributed by atoms with Gasteiger partial charge in [0.25, 0.3) is 0 Å². The van der Waals surface area contributed by atoms with Crippen molar-refractivity contribution in [2.75, 3.05) is 5.75 Å². The lowest BCUT2D eigenvalue weighted by Gasteiger charge is -2.44. The van der Waals surface area contributed by atoms with Crippen molar-refractivity contribution in [1.29, 1.82) is 0 Å². The maximum Gasteiger partial charge on any atom is 0.352 e. The lowest BCUT2D eigenvalue weighted by molar-refractivity contribution is -0.151. The Kier molecular flexibility index (Phi) is 3.85. The third kappa shape index (κ3) is 2.43. The predicted molar refractivity (Wildman–Crippen MR) is 68.6 cm³/mol. The summed E-state index contributed by atoms with van der Waals surface area (Å²) in [5.74, 6) is -2.50. The Morgan fingerprint density at radius 3 is 2.50 bits per heavy atom. The molecule has 2 heterocycles. The van der Waals surface area contributed by atoms with Crippen LogP contribution in [0.15, 0.2) is 11.3 Å². The number of carbonyl (C=O) groups is 4. The predicted octanol–water partition coefficient (Wildman–Crippen LogP) is 0.151. The molecule has 2 aliphatic heterocycles. The van der Waals surface area contributed by atoms with Crippen LogP contribution in [0.1, 0.15) is 20.3 Å². The van der Waals surface area contributed by atoms with Crippen molar-refractivity contribution >= 4 is 35.4 Å². The number of ketones is 1. The molecule has 0 radical (unpaired) electrons. The Bertz CT molecular complexity index is 540. The van der Waals surface area contributed by atoms with Crippen LogP contribution in [0.3, 0.4) is 0 Å². The molecular formula is C12H13NO6S. The van der Waals surface area contributed by atoms with E-state index in [1.807, 2.05) is 0 Å². The Hall–Kier alpha value is -1.83. The number of esters is 1. The molecule has 1 amide bonds. The van der Waals surface area contributed by atoms with Crippen molar-refractivity contribution in [3.8, 4) is 0 Å². The number of β-lactam (4-membered cyclic amide) rings is 1. The number of ether oxygens (including phenoxy) is 1. The molecule has 0 aliphatic carbocycles. The second-order valence-corrected chi connectivity index (χ2v) is 5.68. The van der Waals surface area contributed by atoms with Crippen molar-refractivity contribution in [2.24, 2.45) is 0 Å². The monoisotopic (exact) mass is 299 g/mol. The summed E-state index contributed by atoms with van der Waals surface area (Å²) in [5, 5.41) is 9.09. The second-order valence-electron chi connectivity index (χ2n) is 4.51. The van der Waals surface area contributed by atoms with Gasteiger partial charge in [-0.2, -0.15) is 0 Å². The number of rotatable bonds is 4. The minimum atomic E-state index is -1.29. The molecule has 1 saturated heterocycles. The third-order valence-corrected chi connectivity index (χ3v) is 4.29. The number of nitrogens with zero attached hydrogens (tertiary/aromatic N) is 1. The number of carbonyl (C=O) groups excluding carboxylic acids is 3. The van der Waals surface area contributed by atoms with E-state index >= 15 is 0 Å². The molecule has 0 aromatic heterocycles. The number of fused-ring (bicyclic) bond motifs is 1. The largest absolute Gasteiger partial charge is 0.477 e. The maximum atomic E-state index is 11.6. The summed E-state index contributed by atoms with van der Waals surface area (Å²) in [6.07, 6.45) is -0.965. The Morgan fingerprint density at radius 2 is 2.05 bits per heavy atom. The Balaban J connectivity index is 2.45. The summed E-state index contributed by atoms with van der Waals surface area (Å²) in [4.78, 5) is 46.8. The van der Waals surface area contributed by atoms with Gasteiger partial charge in [-0.1, -0.05) is 0 Å². The molecule has 0 spiro atoms. The van der Waals surface area contributed by atoms with Crippen LogP contribution in [0.25, 0.3) is 0 Å². The first-order valence-corrected chi connectivity index (χ1v) is 6.95. The van der Waals surface area contributed by atoms with Crippen molar-refractivity contribution in [1.82, 2.24) is 4.90 Å². The molecule has 2 aliphatic rings. The first kappa shape index (κ1) is 14.6. The lowest BCUT2D eigenvalue weighted by Crippen LogP contribution is -2.55. The molecule has 0 bridgehead atoms. The van der Waals surface area contributed by atoms with Gasteiger partial charge < -0.3 is 9.84 Å². The average molecular weight is 299 g/mol. The topological polar surface area (TPSA) is 101 Å². The van der Waals surface area contributed by atoms with Crippen LogP contribution >= 0.6 is 11.8 Å². The van der Waals surface area contributed by atoms with E-state index in [1.54, 1.807) is 0 Å². The summed E-state index contributed by atoms with van der Waals surface area (Å²) < 4.78 is 4.91. The van der Waals surface area contributed by atoms with Gasteiger partial charge in [-0.3, -0.25) is 19.3 Å². The highest BCUT2D eigenvalue weighted by atomic mass is 32.2. The Labute approximate surface area is 118 Å². The number of thioether (sulfide) groups is 1. The van der Waals surface area contributed by atoms with Gasteiger partial charge in [0.15, 0.2) is 11.9 Å². The van der Waals surface area contributed by atoms with E-state index in [4.69, 9.17) is 4.74 Å². The first-order valence-electron chi connectivity index (χ1n) is 5.90. The van der Waals surface area contributed by atoms with E-state index in [9.17, 15) is 24.3 Å². The van der Waals surface area contributed by atoms with E-state index in [2.05, 4.69) is 0 Å². The summed E-state index contributed by atoms with van der Waals surface area (Å²) in [7, 11) is 0. The fraction of sp³-hybridized carbons (Fsp3) is 0.500. The highest BCUT2D eigenvalue weighted by Crippen LogP contribution is 2.41. The van der Waals surface area contributed by atoms with Crippen molar-refractivity contribution < 1.29 is 29.0 Å². The number of carboxylic acids is 1. The quantitative estimate of drug-likeness (QED) is 0.582. The van der Waals surface area contributed by atoms with Crippen molar-refractivity contribution in [2.45, 2.75) is 31.7 Å². The van der Waals surface area contributed by atoms with Crippen LogP contribution in [0, 0.1) is 0 Å². The fourth-order valence-corrected chi connectivity index (χ4v) is 3.50. The van der Waals surface area contributed by atoms with Crippen LogP contribution in [-0.4, -0.2) is 50.9 Å². The second kappa shape index (κ2) is 5.28. The van der Waals surface area contributed by atoms with E-state index < -0.39 is 23.8 Å². The minimum Gasteiger partial charge on any atom is -0.477 e. The number of aliphatic carboxylic acids is 1. The zero-order valence-electron chi connectivity index (χ0n) is 10.9. The van der Waals surface area contributed by atoms with Gasteiger partial charge in [0.2, 0.25) is 5.91 Å². The van der Waals surface area contributed by atoms with E-state index in [-0.39, 0.29) is 34.7 Å². The van der Waals surface area contributed by atoms with Gasteiger partial charge in [0.1, 0.15) is 5.70 Å². The number of hydrogen-bond acceptors (Lipinski definition) is 6. The normalized spacial score (nSPS) is 22.8. The van der Waals surface area contributed by atoms with Crippen molar-refractivity contribution in [3.63, 3.8) is 0 Å². The van der Waals surface area contributed by atoms with Gasteiger partial charge in [-0.25, -0.2) is 4.79 Å². The SMILES string of the molecule is CC(=O)OC(C(C)=O)C1=C(C(=O)O)N2C(=O)C[C@H]2SC1. The summed E-state index contributed by atoms with van der Waals surface area (Å²) in [6.45, 7) is 2.36. The molecule has 0 aromatic carbocycles. The average Bonchev–Trinajstić information content (AvgIpc) is 2.33. The van der Waals surface area contributed by atoms with Crippen LogP contribution < -0.4 is 0 Å². The zero-order valence-corrected chi connectivity index (χ0v) is 11.7.